The topological polar surface area (TPSA) is 103 Å². The van der Waals surface area contributed by atoms with Gasteiger partial charge in [0.2, 0.25) is 0 Å². The second-order valence-electron chi connectivity index (χ2n) is 7.91. The number of amides is 1. The Bertz CT molecular complexity index is 1130. The number of nitriles is 1. The Morgan fingerprint density at radius 2 is 1.89 bits per heavy atom. The van der Waals surface area contributed by atoms with Crippen LogP contribution in [0.4, 0.5) is 17.6 Å². The number of alkyl halides is 3. The van der Waals surface area contributed by atoms with Crippen molar-refractivity contribution in [3.05, 3.63) is 70.5 Å². The van der Waals surface area contributed by atoms with Gasteiger partial charge in [0.1, 0.15) is 0 Å². The zero-order valence-electron chi connectivity index (χ0n) is 19.6. The third kappa shape index (κ3) is 7.31. The van der Waals surface area contributed by atoms with Crippen LogP contribution in [-0.2, 0) is 15.6 Å². The summed E-state index contributed by atoms with van der Waals surface area (Å²) in [5.74, 6) is -2.21. The van der Waals surface area contributed by atoms with Gasteiger partial charge in [-0.2, -0.15) is 0 Å². The van der Waals surface area contributed by atoms with Gasteiger partial charge < -0.3 is 0 Å². The predicted octanol–water partition coefficient (Wildman–Crippen LogP) is 4.79. The van der Waals surface area contributed by atoms with E-state index in [0.717, 1.165) is 24.2 Å². The summed E-state index contributed by atoms with van der Waals surface area (Å²) in [6, 6.07) is 6.84. The number of carboxylic acid groups (broad SMARTS) is 1. The number of aromatic carboxylic acids is 1. The van der Waals surface area contributed by atoms with E-state index >= 15 is 0 Å². The number of rotatable bonds is 12. The van der Waals surface area contributed by atoms with Crippen LogP contribution < -0.4 is 5.32 Å². The van der Waals surface area contributed by atoms with Crippen molar-refractivity contribution >= 4 is 25.2 Å². The van der Waals surface area contributed by atoms with Gasteiger partial charge in [-0.15, -0.1) is 0 Å². The van der Waals surface area contributed by atoms with Gasteiger partial charge in [-0.25, -0.2) is 0 Å². The van der Waals surface area contributed by atoms with Crippen LogP contribution in [-0.4, -0.2) is 35.2 Å². The Kier molecular flexibility index (Phi) is 10.0. The first kappa shape index (κ1) is 28.4. The normalized spacial score (nSPS) is 13.1. The molecule has 12 heteroatoms. The Labute approximate surface area is 206 Å². The monoisotopic (exact) mass is 505 g/mol. The molecule has 36 heavy (non-hydrogen) atoms. The van der Waals surface area contributed by atoms with Crippen LogP contribution >= 0.6 is 0 Å². The third-order valence-electron chi connectivity index (χ3n) is 5.48. The number of nitrogens with zero attached hydrogens (tertiary/aromatic N) is 2. The number of hydrogen-bond acceptors (Lipinski definition) is 5. The Morgan fingerprint density at radius 3 is 2.42 bits per heavy atom. The average molecular weight is 505 g/mol. The molecule has 2 aromatic carbocycles. The number of carbonyl (C=O) groups excluding carboxylic acids is 1. The average Bonchev–Trinajstić information content (AvgIpc) is 2.84. The van der Waals surface area contributed by atoms with Crippen LogP contribution in [0.15, 0.2) is 42.5 Å². The minimum atomic E-state index is -4.88. The van der Waals surface area contributed by atoms with Gasteiger partial charge in [-0.3, -0.25) is 0 Å². The van der Waals surface area contributed by atoms with Crippen LogP contribution in [0.3, 0.4) is 0 Å². The molecule has 2 aromatic rings. The fourth-order valence-corrected chi connectivity index (χ4v) is 3.66. The maximum absolute atomic E-state index is 13.3. The summed E-state index contributed by atoms with van der Waals surface area (Å²) in [6.07, 6.45) is -1.50. The molecule has 0 fully saturated rings. The molecule has 0 saturated heterocycles. The van der Waals surface area contributed by atoms with Gasteiger partial charge in [0.15, 0.2) is 0 Å². The molecule has 2 atom stereocenters. The molecule has 0 spiro atoms. The summed E-state index contributed by atoms with van der Waals surface area (Å²) in [5.41, 5.74) is -1.46. The fraction of sp³-hybridized carbons (Fsp3) is 0.333. The number of carboxylic acids is 1. The standard InChI is InChI=1S/C24H24BF4N3O4/c1-3-4-5-21(17-8-11-20(24(27,28)29)19(12-17)22(34)35)32(14-33)23(25-36-13-30)31-15(2)16-6-9-18(26)10-7-16/h6-12,14-15,21,31H,3-5H2,1-2H3,(H,34,35). The molecule has 0 aromatic heterocycles. The van der Waals surface area contributed by atoms with Crippen LogP contribution in [0.2, 0.25) is 0 Å². The van der Waals surface area contributed by atoms with Crippen molar-refractivity contribution in [2.45, 2.75) is 51.4 Å². The number of nitrogens with one attached hydrogen (secondary N) is 1. The van der Waals surface area contributed by atoms with E-state index in [2.05, 4.69) is 5.32 Å². The molecule has 0 radical (unpaired) electrons. The van der Waals surface area contributed by atoms with E-state index in [1.54, 1.807) is 6.92 Å². The van der Waals surface area contributed by atoms with Crippen LogP contribution in [0.5, 0.6) is 0 Å². The summed E-state index contributed by atoms with van der Waals surface area (Å²) in [5, 5.41) is 21.3. The molecule has 7 nitrogen and oxygen atoms in total. The van der Waals surface area contributed by atoms with Crippen molar-refractivity contribution in [2.24, 2.45) is 0 Å². The van der Waals surface area contributed by atoms with Crippen LogP contribution in [0, 0.1) is 17.3 Å². The number of benzene rings is 2. The minimum absolute atomic E-state index is 0.00116. The summed E-state index contributed by atoms with van der Waals surface area (Å²) in [6.45, 7) is 3.58. The second-order valence-corrected chi connectivity index (χ2v) is 7.91. The van der Waals surface area contributed by atoms with Crippen molar-refractivity contribution in [1.82, 2.24) is 10.2 Å². The molecule has 1 amide bonds. The molecule has 2 unspecified atom stereocenters. The molecule has 0 aliphatic heterocycles. The van der Waals surface area contributed by atoms with Gasteiger partial charge in [0, 0.05) is 0 Å². The first-order chi connectivity index (χ1) is 17.0. The quantitative estimate of drug-likeness (QED) is 0.186. The predicted molar refractivity (Wildman–Crippen MR) is 124 cm³/mol. The summed E-state index contributed by atoms with van der Waals surface area (Å²) in [4.78, 5) is 25.0. The van der Waals surface area contributed by atoms with E-state index < -0.39 is 41.2 Å². The molecule has 0 bridgehead atoms. The van der Waals surface area contributed by atoms with E-state index in [1.807, 2.05) is 6.92 Å². The summed E-state index contributed by atoms with van der Waals surface area (Å²) < 4.78 is 58.1. The number of carbonyl (C=O) groups is 2. The van der Waals surface area contributed by atoms with Gasteiger partial charge >= 0.3 is 206 Å². The summed E-state index contributed by atoms with van der Waals surface area (Å²) in [7, 11) is 0.968. The zero-order valence-corrected chi connectivity index (χ0v) is 19.6. The maximum atomic E-state index is 13.3. The fourth-order valence-electron chi connectivity index (χ4n) is 3.66. The molecular formula is C24H24BF4N3O4. The van der Waals surface area contributed by atoms with Gasteiger partial charge in [0.05, 0.1) is 0 Å². The molecule has 0 aliphatic carbocycles. The van der Waals surface area contributed by atoms with Gasteiger partial charge in [-0.1, -0.05) is 0 Å². The van der Waals surface area contributed by atoms with Gasteiger partial charge in [-0.05, 0) is 0 Å². The van der Waals surface area contributed by atoms with Crippen molar-refractivity contribution in [1.29, 1.82) is 5.26 Å². The molecule has 0 aliphatic rings. The first-order valence-corrected chi connectivity index (χ1v) is 11.0. The molecule has 2 rings (SSSR count). The Hall–Kier alpha value is -3.88. The van der Waals surface area contributed by atoms with Crippen molar-refractivity contribution in [3.8, 4) is 6.26 Å². The molecule has 0 heterocycles. The molecule has 0 saturated carbocycles. The molecule has 190 valence electrons. The van der Waals surface area contributed by atoms with Crippen LogP contribution in [0.25, 0.3) is 0 Å². The van der Waals surface area contributed by atoms with Crippen molar-refractivity contribution < 1.29 is 36.9 Å². The van der Waals surface area contributed by atoms with E-state index in [4.69, 9.17) is 9.92 Å². The van der Waals surface area contributed by atoms with E-state index in [1.165, 1.54) is 30.5 Å². The Balaban J connectivity index is 2.55. The van der Waals surface area contributed by atoms with Gasteiger partial charge in [0.25, 0.3) is 0 Å². The number of hydrogen-bond donors (Lipinski definition) is 2. The van der Waals surface area contributed by atoms with E-state index in [-0.39, 0.29) is 17.7 Å². The van der Waals surface area contributed by atoms with Crippen molar-refractivity contribution in [3.63, 3.8) is 0 Å². The van der Waals surface area contributed by atoms with E-state index in [0.29, 0.717) is 30.9 Å². The van der Waals surface area contributed by atoms with Crippen molar-refractivity contribution in [2.75, 3.05) is 0 Å². The third-order valence-corrected chi connectivity index (χ3v) is 5.48. The molecule has 2 N–H and O–H groups in total. The first-order valence-electron chi connectivity index (χ1n) is 11.0. The molecular weight excluding hydrogens is 481 g/mol. The number of unbranched alkanes of at least 4 members (excludes halogenated alkanes) is 1. The SMILES string of the molecule is CCCCC(c1ccc(C(F)(F)F)c(C(=O)O)c1)N(C=O)C(=BOC#N)NC(C)c1ccc(F)cc1. The van der Waals surface area contributed by atoms with Crippen LogP contribution in [0.1, 0.15) is 72.2 Å². The summed E-state index contributed by atoms with van der Waals surface area (Å²) >= 11 is 0. The van der Waals surface area contributed by atoms with E-state index in [9.17, 15) is 32.3 Å². The zero-order chi connectivity index (χ0) is 26.9. The Morgan fingerprint density at radius 1 is 1.25 bits per heavy atom. The second kappa shape index (κ2) is 12.7. The number of halogens is 4.